The van der Waals surface area contributed by atoms with Crippen molar-refractivity contribution in [3.05, 3.63) is 33.9 Å². The molecule has 2 unspecified atom stereocenters. The molecule has 20 heavy (non-hydrogen) atoms. The zero-order valence-electron chi connectivity index (χ0n) is 11.7. The van der Waals surface area contributed by atoms with Crippen molar-refractivity contribution in [2.75, 3.05) is 18.6 Å². The van der Waals surface area contributed by atoms with E-state index in [0.717, 1.165) is 12.1 Å². The third-order valence-corrected chi connectivity index (χ3v) is 3.58. The summed E-state index contributed by atoms with van der Waals surface area (Å²) in [5.74, 6) is 5.46. The summed E-state index contributed by atoms with van der Waals surface area (Å²) in [6.07, 6.45) is 0.166. The van der Waals surface area contributed by atoms with Crippen molar-refractivity contribution >= 4 is 11.4 Å². The SMILES string of the molecule is CC1CN(Cc2cccc([N+](=O)[O-])c2NN)C(C)CO1. The number of rotatable bonds is 4. The summed E-state index contributed by atoms with van der Waals surface area (Å²) in [5.41, 5.74) is 3.66. The molecule has 0 aliphatic carbocycles. The van der Waals surface area contributed by atoms with Crippen LogP contribution in [-0.2, 0) is 11.3 Å². The Labute approximate surface area is 117 Å². The lowest BCUT2D eigenvalue weighted by molar-refractivity contribution is -0.384. The third kappa shape index (κ3) is 3.06. The normalized spacial score (nSPS) is 23.6. The van der Waals surface area contributed by atoms with Gasteiger partial charge in [-0.1, -0.05) is 12.1 Å². The molecule has 1 aliphatic rings. The van der Waals surface area contributed by atoms with E-state index in [4.69, 9.17) is 10.6 Å². The molecule has 0 aromatic heterocycles. The van der Waals surface area contributed by atoms with Gasteiger partial charge in [-0.3, -0.25) is 20.9 Å². The Balaban J connectivity index is 2.24. The van der Waals surface area contributed by atoms with E-state index in [1.165, 1.54) is 6.07 Å². The summed E-state index contributed by atoms with van der Waals surface area (Å²) in [5, 5.41) is 11.0. The lowest BCUT2D eigenvalue weighted by Gasteiger charge is -2.37. The molecule has 2 atom stereocenters. The number of nitro groups is 1. The van der Waals surface area contributed by atoms with Gasteiger partial charge >= 0.3 is 0 Å². The quantitative estimate of drug-likeness (QED) is 0.493. The molecular weight excluding hydrogens is 260 g/mol. The van der Waals surface area contributed by atoms with Crippen molar-refractivity contribution < 1.29 is 9.66 Å². The van der Waals surface area contributed by atoms with E-state index in [2.05, 4.69) is 17.2 Å². The number of nitro benzene ring substituents is 1. The van der Waals surface area contributed by atoms with Gasteiger partial charge in [-0.15, -0.1) is 0 Å². The first-order valence-corrected chi connectivity index (χ1v) is 6.61. The van der Waals surface area contributed by atoms with Gasteiger partial charge in [-0.2, -0.15) is 0 Å². The maximum Gasteiger partial charge on any atom is 0.293 e. The molecule has 0 amide bonds. The predicted octanol–water partition coefficient (Wildman–Crippen LogP) is 1.49. The van der Waals surface area contributed by atoms with Crippen LogP contribution in [0, 0.1) is 10.1 Å². The number of ether oxygens (including phenoxy) is 1. The van der Waals surface area contributed by atoms with Crippen LogP contribution >= 0.6 is 0 Å². The summed E-state index contributed by atoms with van der Waals surface area (Å²) in [6, 6.07) is 5.26. The number of anilines is 1. The average molecular weight is 280 g/mol. The molecule has 1 saturated heterocycles. The van der Waals surface area contributed by atoms with Crippen LogP contribution in [0.3, 0.4) is 0 Å². The minimum absolute atomic E-state index is 0.000962. The fourth-order valence-corrected chi connectivity index (χ4v) is 2.45. The molecule has 7 heteroatoms. The van der Waals surface area contributed by atoms with Crippen molar-refractivity contribution in [2.45, 2.75) is 32.5 Å². The summed E-state index contributed by atoms with van der Waals surface area (Å²) in [4.78, 5) is 12.8. The molecule has 2 rings (SSSR count). The van der Waals surface area contributed by atoms with Gasteiger partial charge in [0, 0.05) is 25.2 Å². The zero-order valence-corrected chi connectivity index (χ0v) is 11.7. The fraction of sp³-hybridized carbons (Fsp3) is 0.538. The molecule has 110 valence electrons. The first-order chi connectivity index (χ1) is 9.52. The first kappa shape index (κ1) is 14.7. The summed E-state index contributed by atoms with van der Waals surface area (Å²) in [6.45, 7) is 6.18. The van der Waals surface area contributed by atoms with E-state index in [1.54, 1.807) is 6.07 Å². The van der Waals surface area contributed by atoms with E-state index in [9.17, 15) is 10.1 Å². The van der Waals surface area contributed by atoms with Crippen LogP contribution in [0.25, 0.3) is 0 Å². The Hall–Kier alpha value is -1.70. The van der Waals surface area contributed by atoms with Gasteiger partial charge in [0.25, 0.3) is 5.69 Å². The van der Waals surface area contributed by atoms with Crippen LogP contribution in [0.4, 0.5) is 11.4 Å². The summed E-state index contributed by atoms with van der Waals surface area (Å²) < 4.78 is 5.59. The summed E-state index contributed by atoms with van der Waals surface area (Å²) >= 11 is 0. The highest BCUT2D eigenvalue weighted by molar-refractivity contribution is 5.65. The molecule has 1 fully saturated rings. The standard InChI is InChI=1S/C13H20N4O3/c1-9-8-20-10(2)6-16(9)7-11-4-3-5-12(17(18)19)13(11)15-14/h3-5,9-10,15H,6-8,14H2,1-2H3. The Morgan fingerprint density at radius 2 is 2.30 bits per heavy atom. The number of hydrazine groups is 1. The maximum atomic E-state index is 11.0. The van der Waals surface area contributed by atoms with Gasteiger partial charge in [0.1, 0.15) is 5.69 Å². The highest BCUT2D eigenvalue weighted by Gasteiger charge is 2.25. The average Bonchev–Trinajstić information content (AvgIpc) is 2.42. The van der Waals surface area contributed by atoms with Crippen molar-refractivity contribution in [1.82, 2.24) is 4.90 Å². The summed E-state index contributed by atoms with van der Waals surface area (Å²) in [7, 11) is 0. The molecule has 0 radical (unpaired) electrons. The minimum atomic E-state index is -0.427. The first-order valence-electron chi connectivity index (χ1n) is 6.61. The maximum absolute atomic E-state index is 11.0. The van der Waals surface area contributed by atoms with Gasteiger partial charge in [-0.25, -0.2) is 0 Å². The molecule has 1 aromatic rings. The van der Waals surface area contributed by atoms with Crippen LogP contribution in [0.1, 0.15) is 19.4 Å². The Bertz CT molecular complexity index is 495. The molecular formula is C13H20N4O3. The zero-order chi connectivity index (χ0) is 14.7. The van der Waals surface area contributed by atoms with Crippen LogP contribution in [0.5, 0.6) is 0 Å². The molecule has 1 heterocycles. The Kier molecular flexibility index (Phi) is 4.53. The number of hydrogen-bond acceptors (Lipinski definition) is 6. The number of nitrogens with one attached hydrogen (secondary N) is 1. The predicted molar refractivity (Wildman–Crippen MR) is 76.2 cm³/mol. The lowest BCUT2D eigenvalue weighted by atomic mass is 10.1. The molecule has 0 spiro atoms. The monoisotopic (exact) mass is 280 g/mol. The van der Waals surface area contributed by atoms with Crippen LogP contribution in [-0.4, -0.2) is 35.1 Å². The molecule has 1 aliphatic heterocycles. The van der Waals surface area contributed by atoms with E-state index in [-0.39, 0.29) is 17.8 Å². The van der Waals surface area contributed by atoms with E-state index in [0.29, 0.717) is 18.8 Å². The molecule has 1 aromatic carbocycles. The second-order valence-electron chi connectivity index (χ2n) is 5.14. The van der Waals surface area contributed by atoms with Crippen molar-refractivity contribution in [1.29, 1.82) is 0 Å². The van der Waals surface area contributed by atoms with E-state index < -0.39 is 4.92 Å². The molecule has 7 nitrogen and oxygen atoms in total. The van der Waals surface area contributed by atoms with Crippen molar-refractivity contribution in [3.8, 4) is 0 Å². The second kappa shape index (κ2) is 6.17. The second-order valence-corrected chi connectivity index (χ2v) is 5.14. The number of nitrogen functional groups attached to an aromatic ring is 1. The fourth-order valence-electron chi connectivity index (χ4n) is 2.45. The van der Waals surface area contributed by atoms with Gasteiger partial charge in [0.15, 0.2) is 0 Å². The van der Waals surface area contributed by atoms with Gasteiger partial charge in [-0.05, 0) is 19.4 Å². The number of nitrogens with zero attached hydrogens (tertiary/aromatic N) is 2. The number of benzene rings is 1. The molecule has 0 saturated carbocycles. The topological polar surface area (TPSA) is 93.7 Å². The lowest BCUT2D eigenvalue weighted by Crippen LogP contribution is -2.46. The smallest absolute Gasteiger partial charge is 0.293 e. The Morgan fingerprint density at radius 1 is 1.55 bits per heavy atom. The van der Waals surface area contributed by atoms with Crippen LogP contribution < -0.4 is 11.3 Å². The van der Waals surface area contributed by atoms with Crippen molar-refractivity contribution in [2.24, 2.45) is 5.84 Å². The van der Waals surface area contributed by atoms with Crippen LogP contribution in [0.2, 0.25) is 0 Å². The molecule has 3 N–H and O–H groups in total. The largest absolute Gasteiger partial charge is 0.376 e. The third-order valence-electron chi connectivity index (χ3n) is 3.58. The Morgan fingerprint density at radius 3 is 2.95 bits per heavy atom. The molecule has 0 bridgehead atoms. The number of hydrogen-bond donors (Lipinski definition) is 2. The minimum Gasteiger partial charge on any atom is -0.376 e. The number of morpholine rings is 1. The highest BCUT2D eigenvalue weighted by atomic mass is 16.6. The van der Waals surface area contributed by atoms with E-state index in [1.807, 2.05) is 13.0 Å². The number of nitrogens with two attached hydrogens (primary N) is 1. The number of para-hydroxylation sites is 1. The highest BCUT2D eigenvalue weighted by Crippen LogP contribution is 2.29. The van der Waals surface area contributed by atoms with Gasteiger partial charge < -0.3 is 10.2 Å². The van der Waals surface area contributed by atoms with Crippen molar-refractivity contribution in [3.63, 3.8) is 0 Å². The van der Waals surface area contributed by atoms with Gasteiger partial charge in [0.05, 0.1) is 17.6 Å². The van der Waals surface area contributed by atoms with E-state index >= 15 is 0 Å². The van der Waals surface area contributed by atoms with Crippen LogP contribution in [0.15, 0.2) is 18.2 Å². The van der Waals surface area contributed by atoms with Gasteiger partial charge in [0.2, 0.25) is 0 Å².